The summed E-state index contributed by atoms with van der Waals surface area (Å²) in [5.41, 5.74) is 0.412. The summed E-state index contributed by atoms with van der Waals surface area (Å²) in [6, 6.07) is 27.6. The van der Waals surface area contributed by atoms with E-state index in [0.717, 1.165) is 37.0 Å². The number of hydrogen-bond donors (Lipinski definition) is 4. The average Bonchev–Trinajstić information content (AvgIpc) is 1.68. The van der Waals surface area contributed by atoms with Crippen LogP contribution < -0.4 is 68.1 Å². The average molecular weight is 1460 g/mol. The number of halogens is 2. The number of amides is 8. The molecule has 1 fully saturated rings. The molecular formula is C70H66F2N8O17S4. The zero-order chi connectivity index (χ0) is 72.5. The van der Waals surface area contributed by atoms with Crippen molar-refractivity contribution in [2.45, 2.75) is 73.8 Å². The van der Waals surface area contributed by atoms with Crippen LogP contribution in [0.3, 0.4) is 0 Å². The van der Waals surface area contributed by atoms with Crippen molar-refractivity contribution >= 4 is 171 Å². The van der Waals surface area contributed by atoms with Gasteiger partial charge in [0.15, 0.2) is 45.5 Å². The number of carbonyl (C=O) groups excluding carboxylic acids is 8. The number of nitrogens with one attached hydrogen (secondary N) is 4. The van der Waals surface area contributed by atoms with Crippen molar-refractivity contribution < 1.29 is 69.5 Å². The van der Waals surface area contributed by atoms with Crippen LogP contribution in [0.1, 0.15) is 108 Å². The van der Waals surface area contributed by atoms with E-state index in [1.807, 2.05) is 13.0 Å². The molecule has 0 bridgehead atoms. The zero-order valence-corrected chi connectivity index (χ0v) is 58.3. The Hall–Kier alpha value is -11.3. The van der Waals surface area contributed by atoms with E-state index in [1.54, 1.807) is 57.6 Å². The molecule has 0 atom stereocenters. The Morgan fingerprint density at radius 1 is 0.455 bits per heavy atom. The van der Waals surface area contributed by atoms with Crippen LogP contribution in [0.4, 0.5) is 65.0 Å². The topological polar surface area (TPSA) is 328 Å². The minimum Gasteiger partial charge on any atom is -0.496 e. The smallest absolute Gasteiger partial charge is 0.347 e. The molecule has 8 amide bonds. The summed E-state index contributed by atoms with van der Waals surface area (Å²) in [5.74, 6) is -1.73. The number of urea groups is 4. The Bertz CT molecular complexity index is 5290. The molecule has 8 heterocycles. The van der Waals surface area contributed by atoms with Gasteiger partial charge in [0.2, 0.25) is 0 Å². The van der Waals surface area contributed by atoms with Crippen molar-refractivity contribution in [3.8, 4) is 5.75 Å². The van der Waals surface area contributed by atoms with Gasteiger partial charge in [0.1, 0.15) is 59.6 Å². The molecule has 1 aliphatic rings. The molecule has 0 unspecified atom stereocenters. The second-order valence-corrected chi connectivity index (χ2v) is 26.6. The van der Waals surface area contributed by atoms with Crippen molar-refractivity contribution in [1.82, 2.24) is 5.32 Å². The van der Waals surface area contributed by atoms with E-state index >= 15 is 0 Å². The normalized spacial score (nSPS) is 11.6. The number of benzene rings is 3. The third-order valence-corrected chi connectivity index (χ3v) is 19.8. The van der Waals surface area contributed by atoms with Crippen LogP contribution in [-0.2, 0) is 0 Å². The molecule has 526 valence electrons. The molecule has 3 aromatic carbocycles. The molecular weight excluding hydrogens is 1390 g/mol. The van der Waals surface area contributed by atoms with E-state index in [9.17, 15) is 66.3 Å². The maximum Gasteiger partial charge on any atom is 0.347 e. The number of ether oxygens (including phenoxy) is 1. The van der Waals surface area contributed by atoms with Crippen LogP contribution in [-0.4, -0.2) is 88.6 Å². The summed E-state index contributed by atoms with van der Waals surface area (Å²) in [6.45, 7) is 7.08. The fraction of sp³-hybridized carbons (Fsp3) is 0.229. The van der Waals surface area contributed by atoms with Crippen molar-refractivity contribution in [3.63, 3.8) is 0 Å². The number of nitrogens with zero attached hydrogens (tertiary/aromatic N) is 4. The van der Waals surface area contributed by atoms with Gasteiger partial charge in [0.25, 0.3) is 0 Å². The van der Waals surface area contributed by atoms with Gasteiger partial charge in [0, 0.05) is 69.9 Å². The number of rotatable bonds is 13. The first-order valence-corrected chi connectivity index (χ1v) is 33.4. The highest BCUT2D eigenvalue weighted by atomic mass is 32.1. The van der Waals surface area contributed by atoms with E-state index < -0.39 is 52.0 Å². The molecule has 101 heavy (non-hydrogen) atoms. The Balaban J connectivity index is 0.000000171. The second kappa shape index (κ2) is 32.6. The maximum absolute atomic E-state index is 13.6. The number of para-hydroxylation sites is 1. The Morgan fingerprint density at radius 2 is 0.812 bits per heavy atom. The van der Waals surface area contributed by atoms with Crippen molar-refractivity contribution in [1.29, 1.82) is 0 Å². The minimum atomic E-state index is -0.720. The van der Waals surface area contributed by atoms with Crippen LogP contribution in [0.2, 0.25) is 0 Å². The first kappa shape index (κ1) is 75.5. The van der Waals surface area contributed by atoms with Gasteiger partial charge in [-0.1, -0.05) is 38.5 Å². The van der Waals surface area contributed by atoms with Crippen molar-refractivity contribution in [2.24, 2.45) is 0 Å². The number of hydrogen-bond acceptors (Lipinski definition) is 21. The van der Waals surface area contributed by atoms with Crippen LogP contribution in [0.25, 0.3) is 41.1 Å². The van der Waals surface area contributed by atoms with Gasteiger partial charge < -0.3 is 43.7 Å². The predicted molar refractivity (Wildman–Crippen MR) is 390 cm³/mol. The second-order valence-electron chi connectivity index (χ2n) is 22.4. The van der Waals surface area contributed by atoms with Crippen LogP contribution >= 0.6 is 45.3 Å². The lowest BCUT2D eigenvalue weighted by molar-refractivity contribution is 0.100. The number of anilines is 7. The van der Waals surface area contributed by atoms with E-state index in [0.29, 0.717) is 66.9 Å². The third kappa shape index (κ3) is 18.2. The monoisotopic (exact) mass is 1460 g/mol. The number of carbonyl (C=O) groups is 8. The Labute approximate surface area is 589 Å². The largest absolute Gasteiger partial charge is 0.496 e. The molecule has 31 heteroatoms. The van der Waals surface area contributed by atoms with Crippen LogP contribution in [0.5, 0.6) is 5.75 Å². The third-order valence-electron chi connectivity index (χ3n) is 15.2. The molecule has 25 nitrogen and oxygen atoms in total. The molecule has 0 saturated heterocycles. The van der Waals surface area contributed by atoms with Crippen LogP contribution in [0, 0.1) is 18.6 Å². The number of Topliss-reactive ketones (excluding diaryl/α,β-unsaturated/α-hetero) is 4. The Morgan fingerprint density at radius 3 is 1.16 bits per heavy atom. The summed E-state index contributed by atoms with van der Waals surface area (Å²) in [7, 11) is 7.92. The Kier molecular flexibility index (Phi) is 24.4. The standard InChI is InChI=1S/C19H18N2O5S.2C17H13FN2O4S.C16H18N2O4S.CH4/c1-10-7-12(5-6-14(10)25-4)20-19(24)21(3)17-9-15-16(27-17)8-13(11(2)22)18(23)26-15;1-9(21)12-7-14-13(24-16(12)22)8-15(25-14)20(2)17(23)19-11-5-3-4-10(18)6-11;1-9(21)10-7-14-13(24-16(10)22)8-15(25-14)20(2)17(23)19-12-6-4-3-5-11(12)18;1-9(19)11-7-13-12(22-15(11)20)8-14(23-13)18(2)16(21)17-10-5-3-4-6-10;/h5-9H,1-4H3,(H,20,24);2*3-8H,1-2H3,(H,19,23);7-8,10H,3-6H2,1-2H3,(H,17,21);1H4. The van der Waals surface area contributed by atoms with Gasteiger partial charge in [-0.3, -0.25) is 38.8 Å². The highest BCUT2D eigenvalue weighted by Crippen LogP contribution is 2.36. The highest BCUT2D eigenvalue weighted by molar-refractivity contribution is 7.24. The van der Waals surface area contributed by atoms with Gasteiger partial charge in [-0.2, -0.15) is 0 Å². The molecule has 0 aliphatic heterocycles. The molecule has 0 spiro atoms. The van der Waals surface area contributed by atoms with E-state index in [1.165, 1.54) is 180 Å². The van der Waals surface area contributed by atoms with E-state index in [-0.39, 0.29) is 76.4 Å². The minimum absolute atomic E-state index is 0. The number of fused-ring (bicyclic) bond motifs is 4. The van der Waals surface area contributed by atoms with Gasteiger partial charge in [-0.25, -0.2) is 47.1 Å². The zero-order valence-electron chi connectivity index (χ0n) is 55.0. The SMILES string of the molecule is C.CC(=O)c1cc2sc(N(C)C(=O)NC3CCCC3)cc2oc1=O.CC(=O)c1cc2sc(N(C)C(=O)Nc3cccc(F)c3)cc2oc1=O.CC(=O)c1cc2sc(N(C)C(=O)Nc3ccccc3F)cc2oc1=O.COc1ccc(NC(=O)N(C)c2cc3oc(=O)c(C(C)=O)cc3s2)cc1C. The molecule has 1 aliphatic carbocycles. The maximum atomic E-state index is 13.6. The van der Waals surface area contributed by atoms with Gasteiger partial charge in [-0.15, -0.1) is 45.3 Å². The van der Waals surface area contributed by atoms with Crippen molar-refractivity contribution in [2.75, 3.05) is 70.9 Å². The van der Waals surface area contributed by atoms with Gasteiger partial charge in [-0.05, 0) is 126 Å². The lowest BCUT2D eigenvalue weighted by Crippen LogP contribution is -2.41. The fourth-order valence-electron chi connectivity index (χ4n) is 9.69. The van der Waals surface area contributed by atoms with E-state index in [4.69, 9.17) is 22.4 Å². The number of aryl methyl sites for hydroxylation is 1. The number of methoxy groups -OCH3 is 1. The molecule has 4 N–H and O–H groups in total. The summed E-state index contributed by atoms with van der Waals surface area (Å²) < 4.78 is 55.1. The number of ketones is 4. The lowest BCUT2D eigenvalue weighted by atomic mass is 10.2. The van der Waals surface area contributed by atoms with Gasteiger partial charge in [0.05, 0.1) is 31.6 Å². The first-order chi connectivity index (χ1) is 47.5. The summed E-state index contributed by atoms with van der Waals surface area (Å²) in [5, 5.41) is 13.1. The predicted octanol–water partition coefficient (Wildman–Crippen LogP) is 15.6. The molecule has 0 radical (unpaired) electrons. The van der Waals surface area contributed by atoms with E-state index in [2.05, 4.69) is 21.3 Å². The molecule has 8 aromatic heterocycles. The fourth-order valence-corrected chi connectivity index (χ4v) is 13.6. The van der Waals surface area contributed by atoms with Gasteiger partial charge >= 0.3 is 46.6 Å². The lowest BCUT2D eigenvalue weighted by Gasteiger charge is -2.19. The quantitative estimate of drug-likeness (QED) is 0.0779. The van der Waals surface area contributed by atoms with Crippen molar-refractivity contribution in [3.05, 3.63) is 196 Å². The molecule has 12 rings (SSSR count). The summed E-state index contributed by atoms with van der Waals surface area (Å²) >= 11 is 4.94. The molecule has 1 saturated carbocycles. The number of thiophene rings is 4. The summed E-state index contributed by atoms with van der Waals surface area (Å²) in [6.07, 6.45) is 4.33. The summed E-state index contributed by atoms with van der Waals surface area (Å²) in [4.78, 5) is 148. The molecule has 11 aromatic rings. The van der Waals surface area contributed by atoms with Crippen LogP contribution in [0.15, 0.2) is 152 Å². The first-order valence-electron chi connectivity index (χ1n) is 30.1. The highest BCUT2D eigenvalue weighted by Gasteiger charge is 2.25.